The van der Waals surface area contributed by atoms with Crippen molar-refractivity contribution < 1.29 is 9.53 Å². The molecule has 0 aliphatic rings. The summed E-state index contributed by atoms with van der Waals surface area (Å²) >= 11 is 1.50. The number of hydrogen-bond acceptors (Lipinski definition) is 5. The number of aryl methyl sites for hydroxylation is 2. The summed E-state index contributed by atoms with van der Waals surface area (Å²) in [5.74, 6) is 0.684. The summed E-state index contributed by atoms with van der Waals surface area (Å²) in [7, 11) is 0. The minimum Gasteiger partial charge on any atom is -0.492 e. The second kappa shape index (κ2) is 8.67. The van der Waals surface area contributed by atoms with Gasteiger partial charge in [-0.3, -0.25) is 14.4 Å². The summed E-state index contributed by atoms with van der Waals surface area (Å²) in [6.07, 6.45) is 3.63. The van der Waals surface area contributed by atoms with Gasteiger partial charge in [-0.25, -0.2) is 4.98 Å². The monoisotopic (exact) mass is 420 g/mol. The first-order valence-corrected chi connectivity index (χ1v) is 10.8. The van der Waals surface area contributed by atoms with E-state index in [1.54, 1.807) is 11.1 Å². The molecule has 0 fully saturated rings. The first-order valence-electron chi connectivity index (χ1n) is 9.95. The SMILES string of the molecule is CCOc1cccc2sc(N(CCn3cccn3)C(=O)c3cc(C)ccc3C)nc12. The molecule has 0 atom stereocenters. The van der Waals surface area contributed by atoms with Crippen molar-refractivity contribution in [2.75, 3.05) is 18.1 Å². The van der Waals surface area contributed by atoms with Crippen molar-refractivity contribution in [2.24, 2.45) is 0 Å². The van der Waals surface area contributed by atoms with Gasteiger partial charge in [-0.15, -0.1) is 0 Å². The molecule has 1 amide bonds. The summed E-state index contributed by atoms with van der Waals surface area (Å²) in [5, 5.41) is 4.93. The van der Waals surface area contributed by atoms with Crippen LogP contribution in [0.15, 0.2) is 54.9 Å². The lowest BCUT2D eigenvalue weighted by molar-refractivity contribution is 0.0985. The lowest BCUT2D eigenvalue weighted by atomic mass is 10.0. The lowest BCUT2D eigenvalue weighted by Crippen LogP contribution is -2.34. The zero-order chi connectivity index (χ0) is 21.1. The molecular weight excluding hydrogens is 396 g/mol. The first kappa shape index (κ1) is 20.1. The smallest absolute Gasteiger partial charge is 0.260 e. The van der Waals surface area contributed by atoms with Gasteiger partial charge in [0.25, 0.3) is 5.91 Å². The maximum atomic E-state index is 13.6. The average Bonchev–Trinajstić information content (AvgIpc) is 3.40. The summed E-state index contributed by atoms with van der Waals surface area (Å²) in [4.78, 5) is 20.1. The van der Waals surface area contributed by atoms with Crippen LogP contribution >= 0.6 is 11.3 Å². The molecule has 0 spiro atoms. The van der Waals surface area contributed by atoms with Gasteiger partial charge < -0.3 is 4.74 Å². The van der Waals surface area contributed by atoms with Crippen molar-refractivity contribution >= 4 is 32.6 Å². The lowest BCUT2D eigenvalue weighted by Gasteiger charge is -2.21. The van der Waals surface area contributed by atoms with E-state index in [2.05, 4.69) is 5.10 Å². The molecule has 0 saturated heterocycles. The largest absolute Gasteiger partial charge is 0.492 e. The summed E-state index contributed by atoms with van der Waals surface area (Å²) in [6.45, 7) is 7.53. The first-order chi connectivity index (χ1) is 14.6. The molecule has 0 radical (unpaired) electrons. The molecular formula is C23H24N4O2S. The number of rotatable bonds is 7. The van der Waals surface area contributed by atoms with Gasteiger partial charge in [-0.05, 0) is 50.6 Å². The van der Waals surface area contributed by atoms with E-state index >= 15 is 0 Å². The topological polar surface area (TPSA) is 60.2 Å². The number of thiazole rings is 1. The average molecular weight is 421 g/mol. The Morgan fingerprint density at radius 2 is 2.07 bits per heavy atom. The van der Waals surface area contributed by atoms with E-state index in [1.165, 1.54) is 11.3 Å². The molecule has 30 heavy (non-hydrogen) atoms. The molecule has 0 N–H and O–H groups in total. The van der Waals surface area contributed by atoms with Crippen LogP contribution in [0.4, 0.5) is 5.13 Å². The highest BCUT2D eigenvalue weighted by Crippen LogP contribution is 2.35. The third-order valence-corrected chi connectivity index (χ3v) is 5.93. The number of ether oxygens (including phenoxy) is 1. The van der Waals surface area contributed by atoms with Crippen LogP contribution in [0.2, 0.25) is 0 Å². The maximum absolute atomic E-state index is 13.6. The zero-order valence-electron chi connectivity index (χ0n) is 17.3. The van der Waals surface area contributed by atoms with Crippen LogP contribution in [0.25, 0.3) is 10.2 Å². The molecule has 0 aliphatic carbocycles. The highest BCUT2D eigenvalue weighted by Gasteiger charge is 2.23. The highest BCUT2D eigenvalue weighted by atomic mass is 32.1. The van der Waals surface area contributed by atoms with Gasteiger partial charge >= 0.3 is 0 Å². The van der Waals surface area contributed by atoms with Crippen molar-refractivity contribution in [2.45, 2.75) is 27.3 Å². The number of carbonyl (C=O) groups is 1. The Labute approximate surface area is 179 Å². The molecule has 0 aliphatic heterocycles. The predicted octanol–water partition coefficient (Wildman–Crippen LogP) is 4.86. The van der Waals surface area contributed by atoms with Crippen molar-refractivity contribution in [1.82, 2.24) is 14.8 Å². The molecule has 2 aromatic heterocycles. The Morgan fingerprint density at radius 1 is 1.20 bits per heavy atom. The van der Waals surface area contributed by atoms with E-state index in [1.807, 2.05) is 74.1 Å². The molecule has 154 valence electrons. The quantitative estimate of drug-likeness (QED) is 0.429. The Morgan fingerprint density at radius 3 is 2.83 bits per heavy atom. The number of anilines is 1. The fraction of sp³-hybridized carbons (Fsp3) is 0.261. The van der Waals surface area contributed by atoms with Crippen LogP contribution in [0.3, 0.4) is 0 Å². The molecule has 7 heteroatoms. The Bertz CT molecular complexity index is 1170. The van der Waals surface area contributed by atoms with Crippen LogP contribution in [-0.4, -0.2) is 33.8 Å². The zero-order valence-corrected chi connectivity index (χ0v) is 18.1. The number of fused-ring (bicyclic) bond motifs is 1. The fourth-order valence-electron chi connectivity index (χ4n) is 3.33. The third kappa shape index (κ3) is 4.07. The van der Waals surface area contributed by atoms with Crippen molar-refractivity contribution in [1.29, 1.82) is 0 Å². The predicted molar refractivity (Wildman–Crippen MR) is 121 cm³/mol. The third-order valence-electron chi connectivity index (χ3n) is 4.88. The van der Waals surface area contributed by atoms with Crippen LogP contribution in [0.1, 0.15) is 28.4 Å². The molecule has 0 bridgehead atoms. The summed E-state index contributed by atoms with van der Waals surface area (Å²) in [5.41, 5.74) is 3.49. The Hall–Kier alpha value is -3.19. The van der Waals surface area contributed by atoms with E-state index in [0.29, 0.717) is 30.4 Å². The molecule has 4 rings (SSSR count). The Kier molecular flexibility index (Phi) is 5.81. The number of nitrogens with zero attached hydrogens (tertiary/aromatic N) is 4. The second-order valence-electron chi connectivity index (χ2n) is 7.08. The Balaban J connectivity index is 1.75. The van der Waals surface area contributed by atoms with Crippen LogP contribution in [0.5, 0.6) is 5.75 Å². The van der Waals surface area contributed by atoms with Crippen LogP contribution < -0.4 is 9.64 Å². The van der Waals surface area contributed by atoms with E-state index in [4.69, 9.17) is 9.72 Å². The molecule has 0 saturated carbocycles. The molecule has 4 aromatic rings. The minimum atomic E-state index is -0.0552. The minimum absolute atomic E-state index is 0.0552. The van der Waals surface area contributed by atoms with Gasteiger partial charge in [0.05, 0.1) is 17.9 Å². The standard InChI is InChI=1S/C23H24N4O2S/c1-4-29-19-7-5-8-20-21(19)25-23(30-20)27(14-13-26-12-6-11-24-26)22(28)18-15-16(2)9-10-17(18)3/h5-12,15H,4,13-14H2,1-3H3. The normalized spacial score (nSPS) is 11.0. The van der Waals surface area contributed by atoms with Gasteiger partial charge in [-0.2, -0.15) is 5.10 Å². The van der Waals surface area contributed by atoms with Crippen LogP contribution in [0, 0.1) is 13.8 Å². The van der Waals surface area contributed by atoms with Gasteiger partial charge in [0.1, 0.15) is 11.3 Å². The maximum Gasteiger partial charge on any atom is 0.260 e. The van der Waals surface area contributed by atoms with Crippen molar-refractivity contribution in [3.8, 4) is 5.75 Å². The number of carbonyl (C=O) groups excluding carboxylic acids is 1. The van der Waals surface area contributed by atoms with Gasteiger partial charge in [-0.1, -0.05) is 35.1 Å². The van der Waals surface area contributed by atoms with E-state index in [9.17, 15) is 4.79 Å². The number of aromatic nitrogens is 3. The van der Waals surface area contributed by atoms with Crippen molar-refractivity contribution in [3.63, 3.8) is 0 Å². The van der Waals surface area contributed by atoms with Gasteiger partial charge in [0.15, 0.2) is 5.13 Å². The molecule has 2 heterocycles. The van der Waals surface area contributed by atoms with E-state index in [-0.39, 0.29) is 5.91 Å². The number of hydrogen-bond donors (Lipinski definition) is 0. The van der Waals surface area contributed by atoms with Gasteiger partial charge in [0, 0.05) is 24.5 Å². The van der Waals surface area contributed by atoms with Gasteiger partial charge in [0.2, 0.25) is 0 Å². The number of amides is 1. The number of benzene rings is 2. The summed E-state index contributed by atoms with van der Waals surface area (Å²) in [6, 6.07) is 13.7. The highest BCUT2D eigenvalue weighted by molar-refractivity contribution is 7.22. The fourth-order valence-corrected chi connectivity index (χ4v) is 4.34. The molecule has 0 unspecified atom stereocenters. The molecule has 6 nitrogen and oxygen atoms in total. The van der Waals surface area contributed by atoms with E-state index in [0.717, 1.165) is 27.1 Å². The van der Waals surface area contributed by atoms with Crippen LogP contribution in [-0.2, 0) is 6.54 Å². The van der Waals surface area contributed by atoms with Crippen molar-refractivity contribution in [3.05, 3.63) is 71.5 Å². The second-order valence-corrected chi connectivity index (χ2v) is 8.09. The molecule has 2 aromatic carbocycles. The summed E-state index contributed by atoms with van der Waals surface area (Å²) < 4.78 is 8.55. The van der Waals surface area contributed by atoms with E-state index < -0.39 is 0 Å². The number of para-hydroxylation sites is 1.